The summed E-state index contributed by atoms with van der Waals surface area (Å²) in [5, 5.41) is 1.30. The summed E-state index contributed by atoms with van der Waals surface area (Å²) in [6.45, 7) is 7.31. The lowest BCUT2D eigenvalue weighted by Gasteiger charge is -2.35. The maximum atomic E-state index is 12.5. The number of benzene rings is 1. The molecule has 2 aromatic rings. The second kappa shape index (κ2) is 8.43. The van der Waals surface area contributed by atoms with Gasteiger partial charge in [0.05, 0.1) is 12.6 Å². The van der Waals surface area contributed by atoms with Crippen molar-refractivity contribution >= 4 is 17.0 Å². The third-order valence-electron chi connectivity index (χ3n) is 5.14. The highest BCUT2D eigenvalue weighted by Gasteiger charge is 2.33. The summed E-state index contributed by atoms with van der Waals surface area (Å²) in [6, 6.07) is 6.59. The Morgan fingerprint density at radius 3 is 2.88 bits per heavy atom. The Balaban J connectivity index is 1.91. The van der Waals surface area contributed by atoms with Crippen LogP contribution >= 0.6 is 0 Å². The van der Waals surface area contributed by atoms with Crippen molar-refractivity contribution in [1.82, 2.24) is 9.88 Å². The Morgan fingerprint density at radius 2 is 2.12 bits per heavy atom. The van der Waals surface area contributed by atoms with Crippen molar-refractivity contribution in [3.63, 3.8) is 0 Å². The molecule has 4 heteroatoms. The first-order valence-electron chi connectivity index (χ1n) is 9.85. The maximum absolute atomic E-state index is 12.5. The summed E-state index contributed by atoms with van der Waals surface area (Å²) in [4.78, 5) is 18.0. The van der Waals surface area contributed by atoms with Crippen LogP contribution in [0.2, 0.25) is 0 Å². The zero-order valence-corrected chi connectivity index (χ0v) is 16.2. The summed E-state index contributed by atoms with van der Waals surface area (Å²) >= 11 is 0. The Morgan fingerprint density at radius 1 is 1.31 bits per heavy atom. The average Bonchev–Trinajstić information content (AvgIpc) is 3.00. The van der Waals surface area contributed by atoms with E-state index in [4.69, 9.17) is 4.74 Å². The number of H-pyrrole nitrogens is 1. The van der Waals surface area contributed by atoms with Crippen LogP contribution in [0.25, 0.3) is 10.9 Å². The first-order valence-corrected chi connectivity index (χ1v) is 9.85. The van der Waals surface area contributed by atoms with Crippen molar-refractivity contribution < 1.29 is 9.53 Å². The van der Waals surface area contributed by atoms with E-state index in [2.05, 4.69) is 49.2 Å². The number of aryl methyl sites for hydroxylation is 1. The Labute approximate surface area is 156 Å². The van der Waals surface area contributed by atoms with Crippen LogP contribution in [0.15, 0.2) is 30.4 Å². The molecule has 1 unspecified atom stereocenters. The largest absolute Gasteiger partial charge is 0.450 e. The lowest BCUT2D eigenvalue weighted by molar-refractivity contribution is 0.0839. The van der Waals surface area contributed by atoms with Crippen LogP contribution in [-0.4, -0.2) is 29.1 Å². The lowest BCUT2D eigenvalue weighted by Crippen LogP contribution is -2.40. The van der Waals surface area contributed by atoms with Gasteiger partial charge in [0.15, 0.2) is 0 Å². The third-order valence-corrected chi connectivity index (χ3v) is 5.14. The number of nitrogens with zero attached hydrogens (tertiary/aromatic N) is 1. The normalized spacial score (nSPS) is 17.0. The molecule has 0 aliphatic carbocycles. The van der Waals surface area contributed by atoms with Gasteiger partial charge < -0.3 is 9.72 Å². The molecular formula is C22H30N2O2. The van der Waals surface area contributed by atoms with Crippen LogP contribution in [0.4, 0.5) is 4.79 Å². The van der Waals surface area contributed by atoms with Crippen LogP contribution in [0.5, 0.6) is 0 Å². The highest BCUT2D eigenvalue weighted by molar-refractivity contribution is 5.86. The summed E-state index contributed by atoms with van der Waals surface area (Å²) in [7, 11) is 0. The van der Waals surface area contributed by atoms with E-state index in [0.717, 1.165) is 37.7 Å². The molecule has 1 aromatic carbocycles. The lowest BCUT2D eigenvalue weighted by atomic mass is 9.94. The van der Waals surface area contributed by atoms with E-state index in [0.29, 0.717) is 6.61 Å². The van der Waals surface area contributed by atoms with Crippen molar-refractivity contribution in [2.24, 2.45) is 0 Å². The molecule has 0 fully saturated rings. The topological polar surface area (TPSA) is 45.3 Å². The van der Waals surface area contributed by atoms with Crippen molar-refractivity contribution in [1.29, 1.82) is 0 Å². The fourth-order valence-corrected chi connectivity index (χ4v) is 3.86. The number of nitrogens with one attached hydrogen (secondary N) is 1. The minimum absolute atomic E-state index is 0.0526. The van der Waals surface area contributed by atoms with E-state index in [1.807, 2.05) is 11.8 Å². The number of aromatic nitrogens is 1. The Bertz CT molecular complexity index is 791. The number of fused-ring (bicyclic) bond motifs is 3. The van der Waals surface area contributed by atoms with Gasteiger partial charge in [0.1, 0.15) is 0 Å². The molecule has 4 nitrogen and oxygen atoms in total. The van der Waals surface area contributed by atoms with Gasteiger partial charge in [0.25, 0.3) is 0 Å². The molecule has 26 heavy (non-hydrogen) atoms. The fraction of sp³-hybridized carbons (Fsp3) is 0.500. The van der Waals surface area contributed by atoms with Crippen LogP contribution in [0.1, 0.15) is 62.4 Å². The number of carbonyl (C=O) groups is 1. The van der Waals surface area contributed by atoms with Crippen molar-refractivity contribution in [2.45, 2.75) is 58.9 Å². The third kappa shape index (κ3) is 3.79. The summed E-state index contributed by atoms with van der Waals surface area (Å²) < 4.78 is 5.32. The van der Waals surface area contributed by atoms with Crippen molar-refractivity contribution in [3.8, 4) is 0 Å². The van der Waals surface area contributed by atoms with Gasteiger partial charge in [0.2, 0.25) is 0 Å². The molecule has 140 valence electrons. The number of aromatic amines is 1. The zero-order chi connectivity index (χ0) is 18.5. The van der Waals surface area contributed by atoms with Crippen molar-refractivity contribution in [2.75, 3.05) is 13.2 Å². The van der Waals surface area contributed by atoms with E-state index in [1.54, 1.807) is 0 Å². The van der Waals surface area contributed by atoms with Gasteiger partial charge >= 0.3 is 6.09 Å². The number of amides is 1. The second-order valence-corrected chi connectivity index (χ2v) is 7.06. The van der Waals surface area contributed by atoms with E-state index in [1.165, 1.54) is 28.6 Å². The monoisotopic (exact) mass is 354 g/mol. The van der Waals surface area contributed by atoms with Gasteiger partial charge in [-0.1, -0.05) is 37.1 Å². The van der Waals surface area contributed by atoms with Gasteiger partial charge in [-0.2, -0.15) is 0 Å². The molecule has 3 rings (SSSR count). The molecule has 1 aliphatic rings. The van der Waals surface area contributed by atoms with Crippen LogP contribution < -0.4 is 0 Å². The molecule has 0 bridgehead atoms. The average molecular weight is 354 g/mol. The quantitative estimate of drug-likeness (QED) is 0.679. The maximum Gasteiger partial charge on any atom is 0.410 e. The standard InChI is InChI=1S/C22H30N2O2/c1-4-6-7-8-9-10-20-21-17(13-14-24(20)22(25)26-5-2)18-15-16(3)11-12-19(18)23-21/h7-8,11-12,15,20,23H,4-6,9-10,13-14H2,1-3H3. The number of ether oxygens (including phenoxy) is 1. The van der Waals surface area contributed by atoms with Crippen LogP contribution in [0, 0.1) is 6.92 Å². The van der Waals surface area contributed by atoms with Crippen LogP contribution in [-0.2, 0) is 11.2 Å². The minimum Gasteiger partial charge on any atom is -0.450 e. The number of carbonyl (C=O) groups excluding carboxylic acids is 1. The molecule has 2 heterocycles. The van der Waals surface area contributed by atoms with E-state index in [9.17, 15) is 4.79 Å². The minimum atomic E-state index is -0.199. The number of unbranched alkanes of at least 4 members (excludes halogenated alkanes) is 1. The number of hydrogen-bond acceptors (Lipinski definition) is 2. The molecule has 0 radical (unpaired) electrons. The molecule has 1 atom stereocenters. The summed E-state index contributed by atoms with van der Waals surface area (Å²) in [6.07, 6.45) is 9.33. The Hall–Kier alpha value is -2.23. The summed E-state index contributed by atoms with van der Waals surface area (Å²) in [5.41, 5.74) is 4.99. The first kappa shape index (κ1) is 18.6. The molecule has 1 aliphatic heterocycles. The van der Waals surface area contributed by atoms with E-state index in [-0.39, 0.29) is 12.1 Å². The molecule has 1 N–H and O–H groups in total. The molecule has 0 spiro atoms. The van der Waals surface area contributed by atoms with E-state index < -0.39 is 0 Å². The second-order valence-electron chi connectivity index (χ2n) is 7.06. The highest BCUT2D eigenvalue weighted by Crippen LogP contribution is 2.37. The highest BCUT2D eigenvalue weighted by atomic mass is 16.6. The number of rotatable bonds is 6. The van der Waals surface area contributed by atoms with Gasteiger partial charge in [0, 0.05) is 23.1 Å². The number of allylic oxidation sites excluding steroid dienone is 2. The first-order chi connectivity index (χ1) is 12.7. The predicted octanol–water partition coefficient (Wildman–Crippen LogP) is 5.67. The smallest absolute Gasteiger partial charge is 0.410 e. The van der Waals surface area contributed by atoms with Gasteiger partial charge in [-0.25, -0.2) is 4.79 Å². The van der Waals surface area contributed by atoms with Crippen molar-refractivity contribution in [3.05, 3.63) is 47.2 Å². The molecular weight excluding hydrogens is 324 g/mol. The molecule has 0 saturated carbocycles. The molecule has 1 amide bonds. The predicted molar refractivity (Wildman–Crippen MR) is 106 cm³/mol. The zero-order valence-electron chi connectivity index (χ0n) is 16.2. The molecule has 1 aromatic heterocycles. The number of hydrogen-bond donors (Lipinski definition) is 1. The molecule has 0 saturated heterocycles. The van der Waals surface area contributed by atoms with E-state index >= 15 is 0 Å². The van der Waals surface area contributed by atoms with Crippen LogP contribution in [0.3, 0.4) is 0 Å². The fourth-order valence-electron chi connectivity index (χ4n) is 3.86. The van der Waals surface area contributed by atoms with Gasteiger partial charge in [-0.15, -0.1) is 0 Å². The SMILES string of the molecule is CCCC=CCCC1c2[nH]c3ccc(C)cc3c2CCN1C(=O)OCC. The Kier molecular flexibility index (Phi) is 6.02. The summed E-state index contributed by atoms with van der Waals surface area (Å²) in [5.74, 6) is 0. The van der Waals surface area contributed by atoms with Gasteiger partial charge in [-0.05, 0) is 57.2 Å². The van der Waals surface area contributed by atoms with Gasteiger partial charge in [-0.3, -0.25) is 4.90 Å².